The summed E-state index contributed by atoms with van der Waals surface area (Å²) in [5, 5.41) is 0.685. The highest BCUT2D eigenvalue weighted by molar-refractivity contribution is 7.88. The molecule has 0 spiro atoms. The van der Waals surface area contributed by atoms with Crippen molar-refractivity contribution in [2.75, 3.05) is 19.9 Å². The fourth-order valence-electron chi connectivity index (χ4n) is 2.25. The zero-order chi connectivity index (χ0) is 14.9. The molecule has 0 bridgehead atoms. The standard InChI is InChI=1S/C13H17FN2O3S/c1-9-8-10-12(19-2)5-4-11(14)13(10)16(9)7-6-15-20(3,17)18/h4-5,8,15H,6-7H2,1-3H3. The van der Waals surface area contributed by atoms with Gasteiger partial charge >= 0.3 is 0 Å². The molecule has 0 atom stereocenters. The van der Waals surface area contributed by atoms with Crippen molar-refractivity contribution in [1.29, 1.82) is 0 Å². The molecular formula is C13H17FN2O3S. The van der Waals surface area contributed by atoms with E-state index in [9.17, 15) is 12.8 Å². The number of sulfonamides is 1. The zero-order valence-electron chi connectivity index (χ0n) is 11.6. The molecule has 0 aliphatic heterocycles. The Morgan fingerprint density at radius 2 is 2.10 bits per heavy atom. The van der Waals surface area contributed by atoms with Crippen molar-refractivity contribution < 1.29 is 17.5 Å². The average Bonchev–Trinajstić information content (AvgIpc) is 2.67. The molecular weight excluding hydrogens is 283 g/mol. The summed E-state index contributed by atoms with van der Waals surface area (Å²) in [5.74, 6) is 0.243. The molecule has 0 amide bonds. The van der Waals surface area contributed by atoms with E-state index in [1.165, 1.54) is 13.2 Å². The normalized spacial score (nSPS) is 12.0. The van der Waals surface area contributed by atoms with Crippen LogP contribution in [0.15, 0.2) is 18.2 Å². The quantitative estimate of drug-likeness (QED) is 0.913. The first-order chi connectivity index (χ1) is 9.33. The van der Waals surface area contributed by atoms with Gasteiger partial charge in [0.05, 0.1) is 18.9 Å². The van der Waals surface area contributed by atoms with Gasteiger partial charge in [-0.3, -0.25) is 0 Å². The minimum absolute atomic E-state index is 0.208. The van der Waals surface area contributed by atoms with Crippen LogP contribution in [-0.2, 0) is 16.6 Å². The molecule has 2 aromatic rings. The van der Waals surface area contributed by atoms with Gasteiger partial charge in [-0.2, -0.15) is 0 Å². The summed E-state index contributed by atoms with van der Waals surface area (Å²) in [4.78, 5) is 0. The SMILES string of the molecule is COc1ccc(F)c2c1cc(C)n2CCNS(C)(=O)=O. The summed E-state index contributed by atoms with van der Waals surface area (Å²) in [6, 6.07) is 4.76. The Morgan fingerprint density at radius 3 is 2.70 bits per heavy atom. The van der Waals surface area contributed by atoms with E-state index in [-0.39, 0.29) is 12.4 Å². The molecule has 110 valence electrons. The summed E-state index contributed by atoms with van der Waals surface area (Å²) in [6.07, 6.45) is 1.09. The summed E-state index contributed by atoms with van der Waals surface area (Å²) < 4.78 is 45.5. The van der Waals surface area contributed by atoms with Crippen LogP contribution in [0.25, 0.3) is 10.9 Å². The molecule has 0 unspecified atom stereocenters. The van der Waals surface area contributed by atoms with Gasteiger partial charge in [-0.1, -0.05) is 0 Å². The number of hydrogen-bond donors (Lipinski definition) is 1. The highest BCUT2D eigenvalue weighted by atomic mass is 32.2. The Labute approximate surface area is 117 Å². The van der Waals surface area contributed by atoms with Crippen molar-refractivity contribution in [3.8, 4) is 5.75 Å². The summed E-state index contributed by atoms with van der Waals surface area (Å²) in [5.41, 5.74) is 1.27. The van der Waals surface area contributed by atoms with Crippen LogP contribution >= 0.6 is 0 Å². The minimum atomic E-state index is -3.25. The van der Waals surface area contributed by atoms with Gasteiger partial charge in [-0.15, -0.1) is 0 Å². The van der Waals surface area contributed by atoms with Crippen molar-refractivity contribution >= 4 is 20.9 Å². The second-order valence-corrected chi connectivity index (χ2v) is 6.45. The van der Waals surface area contributed by atoms with Gasteiger partial charge in [-0.05, 0) is 25.1 Å². The third kappa shape index (κ3) is 2.94. The number of ether oxygens (including phenoxy) is 1. The zero-order valence-corrected chi connectivity index (χ0v) is 12.4. The first-order valence-electron chi connectivity index (χ1n) is 6.10. The molecule has 7 heteroatoms. The van der Waals surface area contributed by atoms with E-state index in [4.69, 9.17) is 4.74 Å². The van der Waals surface area contributed by atoms with Gasteiger partial charge in [0, 0.05) is 24.2 Å². The lowest BCUT2D eigenvalue weighted by molar-refractivity contribution is 0.419. The molecule has 0 aliphatic carbocycles. The van der Waals surface area contributed by atoms with E-state index in [0.29, 0.717) is 23.2 Å². The number of nitrogens with zero attached hydrogens (tertiary/aromatic N) is 1. The monoisotopic (exact) mass is 300 g/mol. The van der Waals surface area contributed by atoms with Gasteiger partial charge in [0.2, 0.25) is 10.0 Å². The number of rotatable bonds is 5. The lowest BCUT2D eigenvalue weighted by Crippen LogP contribution is -2.26. The molecule has 5 nitrogen and oxygen atoms in total. The predicted octanol–water partition coefficient (Wildman–Crippen LogP) is 1.65. The van der Waals surface area contributed by atoms with Gasteiger partial charge in [-0.25, -0.2) is 17.5 Å². The van der Waals surface area contributed by atoms with Crippen LogP contribution < -0.4 is 9.46 Å². The van der Waals surface area contributed by atoms with Crippen molar-refractivity contribution in [3.63, 3.8) is 0 Å². The van der Waals surface area contributed by atoms with E-state index in [1.54, 1.807) is 10.6 Å². The second-order valence-electron chi connectivity index (χ2n) is 4.62. The maximum atomic E-state index is 14.0. The first kappa shape index (κ1) is 14.8. The maximum Gasteiger partial charge on any atom is 0.208 e. The highest BCUT2D eigenvalue weighted by Gasteiger charge is 2.14. The van der Waals surface area contributed by atoms with Crippen molar-refractivity contribution in [1.82, 2.24) is 9.29 Å². The molecule has 20 heavy (non-hydrogen) atoms. The molecule has 0 aliphatic rings. The Bertz CT molecular complexity index is 738. The number of aromatic nitrogens is 1. The van der Waals surface area contributed by atoms with Crippen LogP contribution in [0.4, 0.5) is 4.39 Å². The molecule has 0 radical (unpaired) electrons. The number of fused-ring (bicyclic) bond motifs is 1. The largest absolute Gasteiger partial charge is 0.496 e. The number of halogens is 1. The number of methoxy groups -OCH3 is 1. The van der Waals surface area contributed by atoms with E-state index in [0.717, 1.165) is 11.9 Å². The Morgan fingerprint density at radius 1 is 1.40 bits per heavy atom. The van der Waals surface area contributed by atoms with E-state index in [2.05, 4.69) is 4.72 Å². The molecule has 2 rings (SSSR count). The summed E-state index contributed by atoms with van der Waals surface area (Å²) in [6.45, 7) is 2.41. The molecule has 0 fully saturated rings. The summed E-state index contributed by atoms with van der Waals surface area (Å²) in [7, 11) is -1.72. The number of aryl methyl sites for hydroxylation is 1. The number of nitrogens with one attached hydrogen (secondary N) is 1. The second kappa shape index (κ2) is 5.41. The topological polar surface area (TPSA) is 60.3 Å². The van der Waals surface area contributed by atoms with Crippen LogP contribution in [-0.4, -0.2) is 32.9 Å². The number of benzene rings is 1. The van der Waals surface area contributed by atoms with Crippen LogP contribution in [0.3, 0.4) is 0 Å². The summed E-state index contributed by atoms with van der Waals surface area (Å²) >= 11 is 0. The fourth-order valence-corrected chi connectivity index (χ4v) is 2.71. The van der Waals surface area contributed by atoms with Crippen LogP contribution in [0.5, 0.6) is 5.75 Å². The molecule has 1 aromatic heterocycles. The van der Waals surface area contributed by atoms with Crippen LogP contribution in [0.1, 0.15) is 5.69 Å². The van der Waals surface area contributed by atoms with E-state index in [1.807, 2.05) is 13.0 Å². The Balaban J connectivity index is 2.40. The highest BCUT2D eigenvalue weighted by Crippen LogP contribution is 2.30. The molecule has 1 heterocycles. The van der Waals surface area contributed by atoms with Gasteiger partial charge in [0.1, 0.15) is 11.6 Å². The van der Waals surface area contributed by atoms with Crippen molar-refractivity contribution in [2.24, 2.45) is 0 Å². The lowest BCUT2D eigenvalue weighted by atomic mass is 10.2. The molecule has 1 aromatic carbocycles. The minimum Gasteiger partial charge on any atom is -0.496 e. The van der Waals surface area contributed by atoms with Crippen molar-refractivity contribution in [2.45, 2.75) is 13.5 Å². The van der Waals surface area contributed by atoms with Crippen molar-refractivity contribution in [3.05, 3.63) is 29.7 Å². The Hall–Kier alpha value is -1.60. The molecule has 1 N–H and O–H groups in total. The predicted molar refractivity (Wildman–Crippen MR) is 76.0 cm³/mol. The molecule has 0 saturated carbocycles. The van der Waals surface area contributed by atoms with Crippen LogP contribution in [0.2, 0.25) is 0 Å². The third-order valence-electron chi connectivity index (χ3n) is 3.10. The Kier molecular flexibility index (Phi) is 4.01. The van der Waals surface area contributed by atoms with Crippen LogP contribution in [0, 0.1) is 12.7 Å². The lowest BCUT2D eigenvalue weighted by Gasteiger charge is -2.10. The van der Waals surface area contributed by atoms with Gasteiger partial charge in [0.25, 0.3) is 0 Å². The van der Waals surface area contributed by atoms with E-state index < -0.39 is 10.0 Å². The smallest absolute Gasteiger partial charge is 0.208 e. The average molecular weight is 300 g/mol. The van der Waals surface area contributed by atoms with E-state index >= 15 is 0 Å². The fraction of sp³-hybridized carbons (Fsp3) is 0.385. The van der Waals surface area contributed by atoms with Gasteiger partial charge < -0.3 is 9.30 Å². The van der Waals surface area contributed by atoms with Gasteiger partial charge in [0.15, 0.2) is 0 Å². The first-order valence-corrected chi connectivity index (χ1v) is 7.99. The molecule has 0 saturated heterocycles. The number of hydrogen-bond acceptors (Lipinski definition) is 3. The maximum absolute atomic E-state index is 14.0. The third-order valence-corrected chi connectivity index (χ3v) is 3.82.